The SMILES string of the molecule is Clc1cccc(CCc2nc(Br)c3ccncn23)c1. The van der Waals surface area contributed by atoms with E-state index in [-0.39, 0.29) is 0 Å². The van der Waals surface area contributed by atoms with Gasteiger partial charge in [-0.15, -0.1) is 0 Å². The number of aromatic nitrogens is 3. The van der Waals surface area contributed by atoms with Gasteiger partial charge in [-0.25, -0.2) is 9.97 Å². The second-order valence-electron chi connectivity index (χ2n) is 4.28. The van der Waals surface area contributed by atoms with Crippen molar-refractivity contribution in [3.63, 3.8) is 0 Å². The maximum Gasteiger partial charge on any atom is 0.132 e. The lowest BCUT2D eigenvalue weighted by Crippen LogP contribution is -1.98. The maximum absolute atomic E-state index is 5.99. The van der Waals surface area contributed by atoms with E-state index in [2.05, 4.69) is 32.0 Å². The molecule has 19 heavy (non-hydrogen) atoms. The van der Waals surface area contributed by atoms with Crippen LogP contribution in [-0.2, 0) is 12.8 Å². The van der Waals surface area contributed by atoms with Gasteiger partial charge in [0.25, 0.3) is 0 Å². The van der Waals surface area contributed by atoms with Gasteiger partial charge in [0.15, 0.2) is 0 Å². The van der Waals surface area contributed by atoms with E-state index in [1.54, 1.807) is 12.5 Å². The zero-order valence-electron chi connectivity index (χ0n) is 10.1. The molecule has 0 saturated carbocycles. The molecule has 0 saturated heterocycles. The molecule has 0 fully saturated rings. The number of nitrogens with zero attached hydrogens (tertiary/aromatic N) is 3. The second kappa shape index (κ2) is 5.31. The van der Waals surface area contributed by atoms with Crippen LogP contribution in [0.4, 0.5) is 0 Å². The van der Waals surface area contributed by atoms with E-state index in [0.29, 0.717) is 0 Å². The summed E-state index contributed by atoms with van der Waals surface area (Å²) in [6, 6.07) is 9.87. The standard InChI is InChI=1S/C14H11BrClN3/c15-14-12-6-7-17-9-19(12)13(18-14)5-4-10-2-1-3-11(16)8-10/h1-3,6-9H,4-5H2. The van der Waals surface area contributed by atoms with Gasteiger partial charge in [-0.1, -0.05) is 23.7 Å². The van der Waals surface area contributed by atoms with Crippen LogP contribution in [0.25, 0.3) is 5.52 Å². The first-order valence-electron chi connectivity index (χ1n) is 5.95. The zero-order valence-corrected chi connectivity index (χ0v) is 12.4. The zero-order chi connectivity index (χ0) is 13.2. The Balaban J connectivity index is 1.86. The van der Waals surface area contributed by atoms with Gasteiger partial charge in [-0.3, -0.25) is 4.40 Å². The van der Waals surface area contributed by atoms with Crippen molar-refractivity contribution in [2.24, 2.45) is 0 Å². The quantitative estimate of drug-likeness (QED) is 0.725. The fraction of sp³-hybridized carbons (Fsp3) is 0.143. The van der Waals surface area contributed by atoms with Crippen LogP contribution in [0.2, 0.25) is 5.02 Å². The smallest absolute Gasteiger partial charge is 0.132 e. The predicted octanol–water partition coefficient (Wildman–Crippen LogP) is 3.93. The van der Waals surface area contributed by atoms with Crippen molar-refractivity contribution in [3.05, 3.63) is 63.9 Å². The molecular formula is C14H11BrClN3. The largest absolute Gasteiger partial charge is 0.286 e. The highest BCUT2D eigenvalue weighted by Gasteiger charge is 2.08. The van der Waals surface area contributed by atoms with Crippen molar-refractivity contribution in [1.29, 1.82) is 0 Å². The summed E-state index contributed by atoms with van der Waals surface area (Å²) in [5, 5.41) is 0.772. The Bertz CT molecular complexity index is 724. The van der Waals surface area contributed by atoms with Gasteiger partial charge >= 0.3 is 0 Å². The number of aryl methyl sites for hydroxylation is 2. The van der Waals surface area contributed by atoms with E-state index in [4.69, 9.17) is 11.6 Å². The van der Waals surface area contributed by atoms with Crippen molar-refractivity contribution in [1.82, 2.24) is 14.4 Å². The highest BCUT2D eigenvalue weighted by molar-refractivity contribution is 9.10. The van der Waals surface area contributed by atoms with Crippen LogP contribution in [0.5, 0.6) is 0 Å². The van der Waals surface area contributed by atoms with E-state index < -0.39 is 0 Å². The molecule has 0 aliphatic carbocycles. The van der Waals surface area contributed by atoms with Crippen LogP contribution in [-0.4, -0.2) is 14.4 Å². The number of fused-ring (bicyclic) bond motifs is 1. The molecule has 0 spiro atoms. The molecule has 0 N–H and O–H groups in total. The first kappa shape index (κ1) is 12.6. The molecule has 0 amide bonds. The minimum Gasteiger partial charge on any atom is -0.286 e. The van der Waals surface area contributed by atoms with Crippen molar-refractivity contribution < 1.29 is 0 Å². The topological polar surface area (TPSA) is 30.2 Å². The van der Waals surface area contributed by atoms with E-state index in [1.807, 2.05) is 28.7 Å². The normalized spacial score (nSPS) is 11.1. The molecule has 3 rings (SSSR count). The summed E-state index contributed by atoms with van der Waals surface area (Å²) < 4.78 is 2.87. The molecule has 5 heteroatoms. The number of rotatable bonds is 3. The molecule has 2 heterocycles. The molecule has 0 atom stereocenters. The van der Waals surface area contributed by atoms with Crippen molar-refractivity contribution in [2.75, 3.05) is 0 Å². The van der Waals surface area contributed by atoms with Gasteiger partial charge in [0.1, 0.15) is 16.8 Å². The molecule has 0 bridgehead atoms. The summed E-state index contributed by atoms with van der Waals surface area (Å²) in [6.07, 6.45) is 5.31. The Kier molecular flexibility index (Phi) is 3.53. The molecule has 3 nitrogen and oxygen atoms in total. The molecular weight excluding hydrogens is 326 g/mol. The average molecular weight is 337 g/mol. The number of hydrogen-bond acceptors (Lipinski definition) is 2. The molecule has 2 aromatic heterocycles. The third kappa shape index (κ3) is 2.65. The summed E-state index contributed by atoms with van der Waals surface area (Å²) in [5.74, 6) is 0.995. The lowest BCUT2D eigenvalue weighted by atomic mass is 10.1. The van der Waals surface area contributed by atoms with Crippen molar-refractivity contribution >= 4 is 33.0 Å². The van der Waals surface area contributed by atoms with Gasteiger partial charge < -0.3 is 0 Å². The van der Waals surface area contributed by atoms with Gasteiger partial charge in [-0.05, 0) is 46.1 Å². The number of imidazole rings is 1. The summed E-state index contributed by atoms with van der Waals surface area (Å²) in [6.45, 7) is 0. The van der Waals surface area contributed by atoms with Crippen LogP contribution in [0.3, 0.4) is 0 Å². The summed E-state index contributed by atoms with van der Waals surface area (Å²) in [4.78, 5) is 8.67. The van der Waals surface area contributed by atoms with Gasteiger partial charge in [-0.2, -0.15) is 0 Å². The first-order chi connectivity index (χ1) is 9.24. The van der Waals surface area contributed by atoms with Crippen LogP contribution >= 0.6 is 27.5 Å². The molecule has 0 aliphatic heterocycles. The molecule has 3 aromatic rings. The fourth-order valence-corrected chi connectivity index (χ4v) is 2.83. The van der Waals surface area contributed by atoms with Gasteiger partial charge in [0, 0.05) is 17.6 Å². The highest BCUT2D eigenvalue weighted by atomic mass is 79.9. The van der Waals surface area contributed by atoms with Gasteiger partial charge in [0.05, 0.1) is 5.52 Å². The average Bonchev–Trinajstić information content (AvgIpc) is 2.74. The Labute approximate surface area is 124 Å². The first-order valence-corrected chi connectivity index (χ1v) is 7.12. The van der Waals surface area contributed by atoms with Crippen LogP contribution in [0.15, 0.2) is 47.5 Å². The Morgan fingerprint density at radius 3 is 2.95 bits per heavy atom. The minimum absolute atomic E-state index is 0.772. The van der Waals surface area contributed by atoms with Crippen molar-refractivity contribution in [2.45, 2.75) is 12.8 Å². The van der Waals surface area contributed by atoms with Crippen LogP contribution in [0, 0.1) is 0 Å². The maximum atomic E-state index is 5.99. The van der Waals surface area contributed by atoms with Gasteiger partial charge in [0.2, 0.25) is 0 Å². The Morgan fingerprint density at radius 2 is 2.11 bits per heavy atom. The lowest BCUT2D eigenvalue weighted by molar-refractivity contribution is 0.843. The third-order valence-electron chi connectivity index (χ3n) is 3.00. The summed E-state index contributed by atoms with van der Waals surface area (Å²) in [7, 11) is 0. The van der Waals surface area contributed by atoms with E-state index >= 15 is 0 Å². The molecule has 0 radical (unpaired) electrons. The van der Waals surface area contributed by atoms with Crippen molar-refractivity contribution in [3.8, 4) is 0 Å². The number of hydrogen-bond donors (Lipinski definition) is 0. The molecule has 0 unspecified atom stereocenters. The molecule has 1 aromatic carbocycles. The monoisotopic (exact) mass is 335 g/mol. The predicted molar refractivity (Wildman–Crippen MR) is 79.5 cm³/mol. The lowest BCUT2D eigenvalue weighted by Gasteiger charge is -2.02. The number of halogens is 2. The Hall–Kier alpha value is -1.39. The Morgan fingerprint density at radius 1 is 1.21 bits per heavy atom. The highest BCUT2D eigenvalue weighted by Crippen LogP contribution is 2.19. The summed E-state index contributed by atoms with van der Waals surface area (Å²) >= 11 is 9.46. The van der Waals surface area contributed by atoms with Crippen LogP contribution in [0.1, 0.15) is 11.4 Å². The summed E-state index contributed by atoms with van der Waals surface area (Å²) in [5.41, 5.74) is 2.25. The minimum atomic E-state index is 0.772. The molecule has 96 valence electrons. The van der Waals surface area contributed by atoms with Crippen LogP contribution < -0.4 is 0 Å². The third-order valence-corrected chi connectivity index (χ3v) is 3.82. The second-order valence-corrected chi connectivity index (χ2v) is 5.47. The van der Waals surface area contributed by atoms with E-state index in [0.717, 1.165) is 33.8 Å². The number of benzene rings is 1. The molecule has 0 aliphatic rings. The van der Waals surface area contributed by atoms with E-state index in [9.17, 15) is 0 Å². The fourth-order valence-electron chi connectivity index (χ4n) is 2.08. The van der Waals surface area contributed by atoms with E-state index in [1.165, 1.54) is 5.56 Å².